The second-order valence-electron chi connectivity index (χ2n) is 6.21. The molecule has 1 heterocycles. The van der Waals surface area contributed by atoms with Crippen LogP contribution in [0.5, 0.6) is 0 Å². The van der Waals surface area contributed by atoms with E-state index in [-0.39, 0.29) is 18.9 Å². The van der Waals surface area contributed by atoms with Crippen molar-refractivity contribution in [3.05, 3.63) is 15.6 Å². The highest BCUT2D eigenvalue weighted by atomic mass is 32.1. The molecule has 0 amide bonds. The van der Waals surface area contributed by atoms with E-state index in [0.29, 0.717) is 18.8 Å². The summed E-state index contributed by atoms with van der Waals surface area (Å²) < 4.78 is 26.7. The monoisotopic (exact) mass is 316 g/mol. The van der Waals surface area contributed by atoms with Crippen molar-refractivity contribution in [1.82, 2.24) is 10.3 Å². The first-order chi connectivity index (χ1) is 9.91. The standard InChI is InChI=1S/C16H26F2N2S/c1-4-9-19-14(10-15-20-11(2)12(3)21-15)13-5-7-16(17,18)8-6-13/h13-14,19H,4-10H2,1-3H3. The zero-order chi connectivity index (χ0) is 15.5. The van der Waals surface area contributed by atoms with Gasteiger partial charge in [0.25, 0.3) is 0 Å². The lowest BCUT2D eigenvalue weighted by Gasteiger charge is -2.34. The third kappa shape index (κ3) is 4.71. The van der Waals surface area contributed by atoms with Gasteiger partial charge in [0.1, 0.15) is 0 Å². The van der Waals surface area contributed by atoms with Gasteiger partial charge >= 0.3 is 0 Å². The van der Waals surface area contributed by atoms with Crippen molar-refractivity contribution in [2.45, 2.75) is 71.3 Å². The number of thiazole rings is 1. The van der Waals surface area contributed by atoms with Gasteiger partial charge < -0.3 is 5.32 Å². The number of nitrogens with zero attached hydrogens (tertiary/aromatic N) is 1. The van der Waals surface area contributed by atoms with Crippen LogP contribution in [0.2, 0.25) is 0 Å². The molecule has 1 unspecified atom stereocenters. The summed E-state index contributed by atoms with van der Waals surface area (Å²) in [5.74, 6) is -2.10. The number of hydrogen-bond acceptors (Lipinski definition) is 3. The second-order valence-corrected chi connectivity index (χ2v) is 7.50. The quantitative estimate of drug-likeness (QED) is 0.836. The Bertz CT molecular complexity index is 430. The number of nitrogens with one attached hydrogen (secondary N) is 1. The predicted molar refractivity (Wildman–Crippen MR) is 84.3 cm³/mol. The lowest BCUT2D eigenvalue weighted by atomic mass is 9.81. The van der Waals surface area contributed by atoms with E-state index in [1.165, 1.54) is 4.88 Å². The van der Waals surface area contributed by atoms with E-state index in [9.17, 15) is 8.78 Å². The molecule has 1 atom stereocenters. The minimum absolute atomic E-state index is 0.0396. The summed E-state index contributed by atoms with van der Waals surface area (Å²) in [5, 5.41) is 4.70. The molecule has 21 heavy (non-hydrogen) atoms. The molecule has 1 fully saturated rings. The van der Waals surface area contributed by atoms with Gasteiger partial charge in [0, 0.05) is 30.2 Å². The van der Waals surface area contributed by atoms with Crippen LogP contribution in [0.4, 0.5) is 8.78 Å². The van der Waals surface area contributed by atoms with Crippen molar-refractivity contribution >= 4 is 11.3 Å². The molecular formula is C16H26F2N2S. The molecule has 0 aliphatic heterocycles. The Morgan fingerprint density at radius 3 is 2.52 bits per heavy atom. The smallest absolute Gasteiger partial charge is 0.248 e. The minimum Gasteiger partial charge on any atom is -0.313 e. The van der Waals surface area contributed by atoms with Crippen molar-refractivity contribution in [3.63, 3.8) is 0 Å². The fraction of sp³-hybridized carbons (Fsp3) is 0.812. The summed E-state index contributed by atoms with van der Waals surface area (Å²) in [4.78, 5) is 5.87. The van der Waals surface area contributed by atoms with Crippen molar-refractivity contribution in [2.75, 3.05) is 6.54 Å². The van der Waals surface area contributed by atoms with E-state index in [1.54, 1.807) is 11.3 Å². The molecular weight excluding hydrogens is 290 g/mol. The predicted octanol–water partition coefficient (Wildman–Crippen LogP) is 4.50. The van der Waals surface area contributed by atoms with E-state index < -0.39 is 5.92 Å². The molecule has 0 spiro atoms. The van der Waals surface area contributed by atoms with Crippen LogP contribution < -0.4 is 5.32 Å². The lowest BCUT2D eigenvalue weighted by molar-refractivity contribution is -0.0495. The van der Waals surface area contributed by atoms with Crippen LogP contribution in [0.1, 0.15) is 54.6 Å². The largest absolute Gasteiger partial charge is 0.313 e. The summed E-state index contributed by atoms with van der Waals surface area (Å²) in [6.07, 6.45) is 3.26. The molecule has 1 aromatic heterocycles. The molecule has 2 rings (SSSR count). The van der Waals surface area contributed by atoms with Gasteiger partial charge in [-0.15, -0.1) is 11.3 Å². The molecule has 0 radical (unpaired) electrons. The van der Waals surface area contributed by atoms with Crippen LogP contribution in [-0.4, -0.2) is 23.5 Å². The summed E-state index contributed by atoms with van der Waals surface area (Å²) in [7, 11) is 0. The lowest BCUT2D eigenvalue weighted by Crippen LogP contribution is -2.41. The maximum absolute atomic E-state index is 13.3. The Labute approximate surface area is 130 Å². The first-order valence-electron chi connectivity index (χ1n) is 7.95. The summed E-state index contributed by atoms with van der Waals surface area (Å²) in [6, 6.07) is 0.283. The Hall–Kier alpha value is -0.550. The molecule has 1 saturated carbocycles. The average Bonchev–Trinajstić information content (AvgIpc) is 2.73. The zero-order valence-electron chi connectivity index (χ0n) is 13.2. The minimum atomic E-state index is -2.44. The van der Waals surface area contributed by atoms with Gasteiger partial charge in [-0.25, -0.2) is 13.8 Å². The van der Waals surface area contributed by atoms with E-state index >= 15 is 0 Å². The van der Waals surface area contributed by atoms with Crippen molar-refractivity contribution in [1.29, 1.82) is 0 Å². The molecule has 0 saturated heterocycles. The number of hydrogen-bond donors (Lipinski definition) is 1. The highest BCUT2D eigenvalue weighted by Gasteiger charge is 2.37. The third-order valence-electron chi connectivity index (χ3n) is 4.45. The summed E-state index contributed by atoms with van der Waals surface area (Å²) >= 11 is 1.74. The Balaban J connectivity index is 2.00. The van der Waals surface area contributed by atoms with Crippen molar-refractivity contribution in [2.24, 2.45) is 5.92 Å². The molecule has 1 aliphatic carbocycles. The zero-order valence-corrected chi connectivity index (χ0v) is 14.0. The van der Waals surface area contributed by atoms with Crippen LogP contribution in [0.3, 0.4) is 0 Å². The fourth-order valence-electron chi connectivity index (χ4n) is 3.01. The first kappa shape index (κ1) is 16.8. The highest BCUT2D eigenvalue weighted by Crippen LogP contribution is 2.38. The van der Waals surface area contributed by atoms with Gasteiger partial charge in [-0.3, -0.25) is 0 Å². The van der Waals surface area contributed by atoms with Gasteiger partial charge in [-0.1, -0.05) is 6.92 Å². The maximum Gasteiger partial charge on any atom is 0.248 e. The maximum atomic E-state index is 13.3. The topological polar surface area (TPSA) is 24.9 Å². The SMILES string of the molecule is CCCNC(Cc1nc(C)c(C)s1)C1CCC(F)(F)CC1. The van der Waals surface area contributed by atoms with Crippen LogP contribution in [0, 0.1) is 19.8 Å². The van der Waals surface area contributed by atoms with Crippen LogP contribution in [-0.2, 0) is 6.42 Å². The molecule has 5 heteroatoms. The Kier molecular flexibility index (Phi) is 5.72. The molecule has 0 aromatic carbocycles. The van der Waals surface area contributed by atoms with Crippen molar-refractivity contribution < 1.29 is 8.78 Å². The second kappa shape index (κ2) is 7.14. The molecule has 0 bridgehead atoms. The normalized spacial score (nSPS) is 20.6. The Morgan fingerprint density at radius 2 is 2.00 bits per heavy atom. The van der Waals surface area contributed by atoms with Gasteiger partial charge in [-0.2, -0.15) is 0 Å². The molecule has 1 N–H and O–H groups in total. The van der Waals surface area contributed by atoms with Crippen LogP contribution in [0.15, 0.2) is 0 Å². The van der Waals surface area contributed by atoms with Gasteiger partial charge in [0.2, 0.25) is 5.92 Å². The summed E-state index contributed by atoms with van der Waals surface area (Å²) in [5.41, 5.74) is 1.10. The number of rotatable bonds is 6. The molecule has 1 aromatic rings. The van der Waals surface area contributed by atoms with E-state index in [2.05, 4.69) is 24.1 Å². The van der Waals surface area contributed by atoms with Gasteiger partial charge in [0.15, 0.2) is 0 Å². The molecule has 1 aliphatic rings. The number of aromatic nitrogens is 1. The van der Waals surface area contributed by atoms with E-state index in [4.69, 9.17) is 0 Å². The number of aryl methyl sites for hydroxylation is 2. The van der Waals surface area contributed by atoms with Gasteiger partial charge in [0.05, 0.1) is 10.7 Å². The Morgan fingerprint density at radius 1 is 1.33 bits per heavy atom. The van der Waals surface area contributed by atoms with Crippen molar-refractivity contribution in [3.8, 4) is 0 Å². The average molecular weight is 316 g/mol. The number of halogens is 2. The summed E-state index contributed by atoms with van der Waals surface area (Å²) in [6.45, 7) is 7.20. The molecule has 2 nitrogen and oxygen atoms in total. The molecule has 120 valence electrons. The number of alkyl halides is 2. The first-order valence-corrected chi connectivity index (χ1v) is 8.77. The highest BCUT2D eigenvalue weighted by molar-refractivity contribution is 7.11. The van der Waals surface area contributed by atoms with Gasteiger partial charge in [-0.05, 0) is 45.6 Å². The third-order valence-corrected chi connectivity index (χ3v) is 5.55. The van der Waals surface area contributed by atoms with E-state index in [1.807, 2.05) is 6.92 Å². The fourth-order valence-corrected chi connectivity index (χ4v) is 4.01. The van der Waals surface area contributed by atoms with E-state index in [0.717, 1.165) is 30.1 Å². The van der Waals surface area contributed by atoms with Crippen LogP contribution in [0.25, 0.3) is 0 Å². The van der Waals surface area contributed by atoms with Crippen LogP contribution >= 0.6 is 11.3 Å².